The van der Waals surface area contributed by atoms with E-state index in [4.69, 9.17) is 10.5 Å². The second-order valence-electron chi connectivity index (χ2n) is 4.10. The van der Waals surface area contributed by atoms with E-state index < -0.39 is 6.04 Å². The van der Waals surface area contributed by atoms with Gasteiger partial charge >= 0.3 is 0 Å². The molecule has 0 radical (unpaired) electrons. The zero-order chi connectivity index (χ0) is 13.1. The van der Waals surface area contributed by atoms with E-state index in [1.807, 2.05) is 6.07 Å². The van der Waals surface area contributed by atoms with Gasteiger partial charge in [-0.2, -0.15) is 0 Å². The van der Waals surface area contributed by atoms with Crippen LogP contribution in [-0.2, 0) is 0 Å². The van der Waals surface area contributed by atoms with Crippen molar-refractivity contribution in [2.24, 2.45) is 5.73 Å². The van der Waals surface area contributed by atoms with Gasteiger partial charge in [0.2, 0.25) is 0 Å². The Morgan fingerprint density at radius 2 is 2.11 bits per heavy atom. The third kappa shape index (κ3) is 2.33. The molecule has 4 heteroatoms. The largest absolute Gasteiger partial charge is 0.495 e. The highest BCUT2D eigenvalue weighted by Crippen LogP contribution is 2.27. The molecule has 0 fully saturated rings. The van der Waals surface area contributed by atoms with Gasteiger partial charge < -0.3 is 10.5 Å². The first-order chi connectivity index (χ1) is 8.63. The van der Waals surface area contributed by atoms with Crippen molar-refractivity contribution < 1.29 is 9.13 Å². The van der Waals surface area contributed by atoms with Crippen LogP contribution in [0.2, 0.25) is 0 Å². The number of halogens is 1. The number of aromatic nitrogens is 1. The minimum absolute atomic E-state index is 0.254. The first-order valence-electron chi connectivity index (χ1n) is 5.63. The highest BCUT2D eigenvalue weighted by atomic mass is 19.1. The molecule has 2 N–H and O–H groups in total. The fourth-order valence-electron chi connectivity index (χ4n) is 1.80. The summed E-state index contributed by atoms with van der Waals surface area (Å²) >= 11 is 0. The monoisotopic (exact) mass is 246 g/mol. The molecule has 0 saturated carbocycles. The molecule has 2 aromatic rings. The third-order valence-corrected chi connectivity index (χ3v) is 2.93. The normalized spacial score (nSPS) is 12.2. The predicted octanol–water partition coefficient (Wildman–Crippen LogP) is 2.59. The summed E-state index contributed by atoms with van der Waals surface area (Å²) in [6.07, 6.45) is 3.24. The molecule has 1 unspecified atom stereocenters. The Morgan fingerprint density at radius 1 is 1.33 bits per heavy atom. The molecule has 2 rings (SSSR count). The van der Waals surface area contributed by atoms with Crippen LogP contribution in [0.3, 0.4) is 0 Å². The van der Waals surface area contributed by atoms with Crippen molar-refractivity contribution in [3.8, 4) is 5.75 Å². The molecule has 0 aliphatic carbocycles. The number of methoxy groups -OCH3 is 1. The van der Waals surface area contributed by atoms with Gasteiger partial charge in [0.1, 0.15) is 11.6 Å². The zero-order valence-corrected chi connectivity index (χ0v) is 10.4. The molecular formula is C14H15FN2O. The number of nitrogens with zero attached hydrogens (tertiary/aromatic N) is 1. The zero-order valence-electron chi connectivity index (χ0n) is 10.4. The Balaban J connectivity index is 2.41. The van der Waals surface area contributed by atoms with Crippen LogP contribution in [0.4, 0.5) is 4.39 Å². The average Bonchev–Trinajstić information content (AvgIpc) is 2.41. The number of benzene rings is 1. The number of ether oxygens (including phenoxy) is 1. The molecule has 1 atom stereocenters. The van der Waals surface area contributed by atoms with Crippen LogP contribution in [0.25, 0.3) is 0 Å². The number of hydrogen-bond acceptors (Lipinski definition) is 3. The van der Waals surface area contributed by atoms with Crippen LogP contribution < -0.4 is 10.5 Å². The summed E-state index contributed by atoms with van der Waals surface area (Å²) in [4.78, 5) is 3.97. The first-order valence-corrected chi connectivity index (χ1v) is 5.63. The van der Waals surface area contributed by atoms with E-state index in [0.717, 1.165) is 5.56 Å². The lowest BCUT2D eigenvalue weighted by atomic mass is 9.98. The van der Waals surface area contributed by atoms with Gasteiger partial charge in [-0.1, -0.05) is 12.1 Å². The van der Waals surface area contributed by atoms with Crippen molar-refractivity contribution in [2.45, 2.75) is 13.0 Å². The molecule has 0 aliphatic rings. The summed E-state index contributed by atoms with van der Waals surface area (Å²) in [5, 5.41) is 0. The van der Waals surface area contributed by atoms with Crippen LogP contribution in [0.5, 0.6) is 5.75 Å². The van der Waals surface area contributed by atoms with Gasteiger partial charge in [-0.3, -0.25) is 4.98 Å². The highest BCUT2D eigenvalue weighted by Gasteiger charge is 2.14. The lowest BCUT2D eigenvalue weighted by Crippen LogP contribution is -2.13. The van der Waals surface area contributed by atoms with E-state index >= 15 is 0 Å². The minimum Gasteiger partial charge on any atom is -0.495 e. The van der Waals surface area contributed by atoms with Crippen LogP contribution in [0, 0.1) is 12.7 Å². The maximum Gasteiger partial charge on any atom is 0.142 e. The van der Waals surface area contributed by atoms with E-state index in [1.54, 1.807) is 38.6 Å². The van der Waals surface area contributed by atoms with Crippen LogP contribution in [-0.4, -0.2) is 12.1 Å². The number of hydrogen-bond donors (Lipinski definition) is 1. The van der Waals surface area contributed by atoms with Crippen molar-refractivity contribution in [1.82, 2.24) is 4.98 Å². The Kier molecular flexibility index (Phi) is 3.58. The van der Waals surface area contributed by atoms with Gasteiger partial charge in [-0.05, 0) is 30.2 Å². The minimum atomic E-state index is -0.432. The first kappa shape index (κ1) is 12.5. The van der Waals surface area contributed by atoms with Crippen LogP contribution in [0.15, 0.2) is 36.7 Å². The molecule has 0 amide bonds. The number of pyridine rings is 1. The number of rotatable bonds is 3. The van der Waals surface area contributed by atoms with Gasteiger partial charge in [0, 0.05) is 11.8 Å². The third-order valence-electron chi connectivity index (χ3n) is 2.93. The van der Waals surface area contributed by atoms with Crippen LogP contribution in [0.1, 0.15) is 22.7 Å². The van der Waals surface area contributed by atoms with Crippen molar-refractivity contribution in [3.05, 3.63) is 59.2 Å². The molecule has 0 aliphatic heterocycles. The molecule has 18 heavy (non-hydrogen) atoms. The van der Waals surface area contributed by atoms with E-state index in [1.165, 1.54) is 6.07 Å². The fourth-order valence-corrected chi connectivity index (χ4v) is 1.80. The smallest absolute Gasteiger partial charge is 0.142 e. The SMILES string of the molecule is COc1cnccc1C(N)c1ccc(C)c(F)c1. The topological polar surface area (TPSA) is 48.1 Å². The van der Waals surface area contributed by atoms with Gasteiger partial charge in [0.15, 0.2) is 0 Å². The van der Waals surface area contributed by atoms with Gasteiger partial charge in [-0.15, -0.1) is 0 Å². The fraction of sp³-hybridized carbons (Fsp3) is 0.214. The second-order valence-corrected chi connectivity index (χ2v) is 4.10. The second kappa shape index (κ2) is 5.14. The average molecular weight is 246 g/mol. The standard InChI is InChI=1S/C14H15FN2O/c1-9-3-4-10(7-12(9)15)14(16)11-5-6-17-8-13(11)18-2/h3-8,14H,16H2,1-2H3. The van der Waals surface area contributed by atoms with Gasteiger partial charge in [-0.25, -0.2) is 4.39 Å². The molecule has 3 nitrogen and oxygen atoms in total. The molecular weight excluding hydrogens is 231 g/mol. The summed E-state index contributed by atoms with van der Waals surface area (Å²) < 4.78 is 18.7. The Bertz CT molecular complexity index is 557. The van der Waals surface area contributed by atoms with Crippen molar-refractivity contribution >= 4 is 0 Å². The Hall–Kier alpha value is -1.94. The van der Waals surface area contributed by atoms with E-state index in [2.05, 4.69) is 4.98 Å². The summed E-state index contributed by atoms with van der Waals surface area (Å²) in [6, 6.07) is 6.35. The molecule has 0 saturated heterocycles. The molecule has 1 aromatic heterocycles. The van der Waals surface area contributed by atoms with Crippen LogP contribution >= 0.6 is 0 Å². The summed E-state index contributed by atoms with van der Waals surface area (Å²) in [5.74, 6) is 0.349. The molecule has 0 spiro atoms. The van der Waals surface area contributed by atoms with Gasteiger partial charge in [0.05, 0.1) is 19.3 Å². The summed E-state index contributed by atoms with van der Waals surface area (Å²) in [6.45, 7) is 1.72. The predicted molar refractivity (Wildman–Crippen MR) is 68.0 cm³/mol. The van der Waals surface area contributed by atoms with Crippen molar-refractivity contribution in [2.75, 3.05) is 7.11 Å². The number of nitrogens with two attached hydrogens (primary N) is 1. The van der Waals surface area contributed by atoms with Crippen molar-refractivity contribution in [3.63, 3.8) is 0 Å². The van der Waals surface area contributed by atoms with E-state index in [9.17, 15) is 4.39 Å². The summed E-state index contributed by atoms with van der Waals surface area (Å²) in [5.41, 5.74) is 8.24. The van der Waals surface area contributed by atoms with Crippen molar-refractivity contribution in [1.29, 1.82) is 0 Å². The maximum absolute atomic E-state index is 13.5. The molecule has 1 heterocycles. The van der Waals surface area contributed by atoms with E-state index in [-0.39, 0.29) is 5.82 Å². The lowest BCUT2D eigenvalue weighted by Gasteiger charge is -2.16. The van der Waals surface area contributed by atoms with E-state index in [0.29, 0.717) is 16.9 Å². The molecule has 94 valence electrons. The van der Waals surface area contributed by atoms with Gasteiger partial charge in [0.25, 0.3) is 0 Å². The summed E-state index contributed by atoms with van der Waals surface area (Å²) in [7, 11) is 1.56. The Labute approximate surface area is 105 Å². The molecule has 0 bridgehead atoms. The maximum atomic E-state index is 13.5. The lowest BCUT2D eigenvalue weighted by molar-refractivity contribution is 0.406. The molecule has 1 aromatic carbocycles. The quantitative estimate of drug-likeness (QED) is 0.905. The Morgan fingerprint density at radius 3 is 2.78 bits per heavy atom. The number of aryl methyl sites for hydroxylation is 1. The highest BCUT2D eigenvalue weighted by molar-refractivity contribution is 5.40.